The number of ether oxygens (including phenoxy) is 2. The monoisotopic (exact) mass is 421 g/mol. The van der Waals surface area contributed by atoms with Gasteiger partial charge in [-0.15, -0.1) is 0 Å². The Balaban J connectivity index is 1.32. The van der Waals surface area contributed by atoms with E-state index in [9.17, 15) is 9.90 Å². The van der Waals surface area contributed by atoms with Crippen molar-refractivity contribution in [1.29, 1.82) is 5.26 Å². The summed E-state index contributed by atoms with van der Waals surface area (Å²) in [5.41, 5.74) is 2.46. The lowest BCUT2D eigenvalue weighted by Gasteiger charge is -2.35. The largest absolute Gasteiger partial charge is 0.493 e. The first-order valence-corrected chi connectivity index (χ1v) is 10.7. The van der Waals surface area contributed by atoms with E-state index < -0.39 is 6.10 Å². The molecule has 0 unspecified atom stereocenters. The van der Waals surface area contributed by atoms with Gasteiger partial charge in [0.25, 0.3) is 0 Å². The SMILES string of the molecule is N#Cc1ccc(OC[C@@H](O)CN2CCCC[C@H]2C(=O)Nc2ccc3c(c2)CCO3)cc1. The summed E-state index contributed by atoms with van der Waals surface area (Å²) in [6, 6.07) is 14.3. The number of fused-ring (bicyclic) bond motifs is 1. The molecule has 0 spiro atoms. The van der Waals surface area contributed by atoms with Gasteiger partial charge in [0, 0.05) is 18.7 Å². The lowest BCUT2D eigenvalue weighted by molar-refractivity contribution is -0.123. The van der Waals surface area contributed by atoms with Crippen molar-refractivity contribution in [1.82, 2.24) is 4.90 Å². The maximum Gasteiger partial charge on any atom is 0.241 e. The van der Waals surface area contributed by atoms with Gasteiger partial charge in [-0.05, 0) is 67.4 Å². The van der Waals surface area contributed by atoms with Crippen LogP contribution in [0.5, 0.6) is 11.5 Å². The van der Waals surface area contributed by atoms with Gasteiger partial charge in [0.05, 0.1) is 24.3 Å². The highest BCUT2D eigenvalue weighted by Gasteiger charge is 2.30. The van der Waals surface area contributed by atoms with Gasteiger partial charge in [-0.1, -0.05) is 6.42 Å². The number of aliphatic hydroxyl groups is 1. The highest BCUT2D eigenvalue weighted by molar-refractivity contribution is 5.95. The summed E-state index contributed by atoms with van der Waals surface area (Å²) in [6.45, 7) is 1.95. The Hall–Kier alpha value is -3.08. The topological polar surface area (TPSA) is 94.8 Å². The summed E-state index contributed by atoms with van der Waals surface area (Å²) in [6.07, 6.45) is 2.90. The van der Waals surface area contributed by atoms with Crippen molar-refractivity contribution in [3.8, 4) is 17.6 Å². The fourth-order valence-corrected chi connectivity index (χ4v) is 4.14. The van der Waals surface area contributed by atoms with Gasteiger partial charge in [0.2, 0.25) is 5.91 Å². The van der Waals surface area contributed by atoms with Crippen LogP contribution >= 0.6 is 0 Å². The second-order valence-corrected chi connectivity index (χ2v) is 8.02. The molecule has 4 rings (SSSR count). The van der Waals surface area contributed by atoms with Gasteiger partial charge in [-0.3, -0.25) is 9.69 Å². The van der Waals surface area contributed by atoms with Crippen LogP contribution in [0.4, 0.5) is 5.69 Å². The summed E-state index contributed by atoms with van der Waals surface area (Å²) in [4.78, 5) is 15.0. The number of rotatable bonds is 7. The van der Waals surface area contributed by atoms with Crippen LogP contribution in [0.15, 0.2) is 42.5 Å². The molecule has 31 heavy (non-hydrogen) atoms. The quantitative estimate of drug-likeness (QED) is 0.714. The molecule has 2 heterocycles. The minimum Gasteiger partial charge on any atom is -0.493 e. The molecule has 2 aliphatic heterocycles. The van der Waals surface area contributed by atoms with Crippen LogP contribution in [0.1, 0.15) is 30.4 Å². The van der Waals surface area contributed by atoms with Gasteiger partial charge < -0.3 is 19.9 Å². The van der Waals surface area contributed by atoms with Gasteiger partial charge in [0.15, 0.2) is 0 Å². The lowest BCUT2D eigenvalue weighted by atomic mass is 10.0. The third-order valence-electron chi connectivity index (χ3n) is 5.74. The van der Waals surface area contributed by atoms with Crippen molar-refractivity contribution in [3.05, 3.63) is 53.6 Å². The van der Waals surface area contributed by atoms with E-state index in [1.807, 2.05) is 23.1 Å². The Labute approximate surface area is 182 Å². The Bertz CT molecular complexity index is 954. The maximum absolute atomic E-state index is 13.0. The molecule has 2 aromatic carbocycles. The standard InChI is InChI=1S/C24H27N3O4/c25-14-17-4-7-21(8-5-17)31-16-20(28)15-27-11-2-1-3-22(27)24(29)26-19-6-9-23-18(13-19)10-12-30-23/h4-9,13,20,22,28H,1-3,10-12,15-16H2,(H,26,29)/t20-,22-/m0/s1. The van der Waals surface area contributed by atoms with Crippen molar-refractivity contribution < 1.29 is 19.4 Å². The van der Waals surface area contributed by atoms with Gasteiger partial charge in [-0.25, -0.2) is 0 Å². The summed E-state index contributed by atoms with van der Waals surface area (Å²) in [7, 11) is 0. The molecular formula is C24H27N3O4. The van der Waals surface area contributed by atoms with E-state index >= 15 is 0 Å². The van der Waals surface area contributed by atoms with Crippen molar-refractivity contribution >= 4 is 11.6 Å². The number of anilines is 1. The molecule has 1 amide bonds. The zero-order valence-corrected chi connectivity index (χ0v) is 17.4. The van der Waals surface area contributed by atoms with Crippen LogP contribution in [0.25, 0.3) is 0 Å². The summed E-state index contributed by atoms with van der Waals surface area (Å²) in [5.74, 6) is 1.45. The highest BCUT2D eigenvalue weighted by atomic mass is 16.5. The second kappa shape index (κ2) is 9.82. The van der Waals surface area contributed by atoms with E-state index in [-0.39, 0.29) is 18.6 Å². The molecule has 2 N–H and O–H groups in total. The van der Waals surface area contributed by atoms with Crippen LogP contribution < -0.4 is 14.8 Å². The average Bonchev–Trinajstić information content (AvgIpc) is 3.26. The zero-order chi connectivity index (χ0) is 21.6. The van der Waals surface area contributed by atoms with Crippen molar-refractivity contribution in [2.45, 2.75) is 37.8 Å². The number of hydrogen-bond acceptors (Lipinski definition) is 6. The first kappa shape index (κ1) is 21.2. The van der Waals surface area contributed by atoms with E-state index in [4.69, 9.17) is 14.7 Å². The number of amides is 1. The Morgan fingerprint density at radius 3 is 2.94 bits per heavy atom. The average molecular weight is 421 g/mol. The number of nitrogens with one attached hydrogen (secondary N) is 1. The molecule has 0 aliphatic carbocycles. The fourth-order valence-electron chi connectivity index (χ4n) is 4.14. The minimum atomic E-state index is -0.721. The molecule has 0 radical (unpaired) electrons. The number of nitriles is 1. The molecule has 0 bridgehead atoms. The number of nitrogens with zero attached hydrogens (tertiary/aromatic N) is 2. The first-order valence-electron chi connectivity index (χ1n) is 10.7. The summed E-state index contributed by atoms with van der Waals surface area (Å²) in [5, 5.41) is 22.4. The van der Waals surface area contributed by atoms with E-state index in [1.165, 1.54) is 0 Å². The smallest absolute Gasteiger partial charge is 0.241 e. The van der Waals surface area contributed by atoms with E-state index in [1.54, 1.807) is 24.3 Å². The number of piperidine rings is 1. The Morgan fingerprint density at radius 1 is 1.29 bits per heavy atom. The number of benzene rings is 2. The zero-order valence-electron chi connectivity index (χ0n) is 17.4. The van der Waals surface area contributed by atoms with Crippen molar-refractivity contribution in [2.75, 3.05) is 31.6 Å². The van der Waals surface area contributed by atoms with Crippen LogP contribution in [0, 0.1) is 11.3 Å². The third kappa shape index (κ3) is 5.35. The molecule has 2 aliphatic rings. The Morgan fingerprint density at radius 2 is 2.13 bits per heavy atom. The molecule has 7 nitrogen and oxygen atoms in total. The summed E-state index contributed by atoms with van der Waals surface area (Å²) < 4.78 is 11.2. The number of aliphatic hydroxyl groups excluding tert-OH is 1. The van der Waals surface area contributed by atoms with Gasteiger partial charge in [0.1, 0.15) is 24.2 Å². The van der Waals surface area contributed by atoms with Crippen LogP contribution in [0.2, 0.25) is 0 Å². The maximum atomic E-state index is 13.0. The van der Waals surface area contributed by atoms with E-state index in [2.05, 4.69) is 11.4 Å². The minimum absolute atomic E-state index is 0.0428. The Kier molecular flexibility index (Phi) is 6.70. The normalized spacial score (nSPS) is 19.0. The molecule has 7 heteroatoms. The molecule has 0 aromatic heterocycles. The molecule has 2 aromatic rings. The first-order chi connectivity index (χ1) is 15.1. The third-order valence-corrected chi connectivity index (χ3v) is 5.74. The highest BCUT2D eigenvalue weighted by Crippen LogP contribution is 2.28. The molecule has 0 saturated carbocycles. The van der Waals surface area contributed by atoms with Crippen molar-refractivity contribution in [3.63, 3.8) is 0 Å². The lowest BCUT2D eigenvalue weighted by Crippen LogP contribution is -2.50. The molecule has 1 saturated heterocycles. The van der Waals surface area contributed by atoms with E-state index in [0.717, 1.165) is 49.2 Å². The van der Waals surface area contributed by atoms with E-state index in [0.29, 0.717) is 24.5 Å². The van der Waals surface area contributed by atoms with Gasteiger partial charge in [-0.2, -0.15) is 5.26 Å². The van der Waals surface area contributed by atoms with Crippen LogP contribution in [-0.2, 0) is 11.2 Å². The predicted molar refractivity (Wildman–Crippen MR) is 116 cm³/mol. The number of hydrogen-bond donors (Lipinski definition) is 2. The number of carbonyl (C=O) groups is 1. The van der Waals surface area contributed by atoms with Crippen molar-refractivity contribution in [2.24, 2.45) is 0 Å². The van der Waals surface area contributed by atoms with Gasteiger partial charge >= 0.3 is 0 Å². The van der Waals surface area contributed by atoms with Crippen LogP contribution in [0.3, 0.4) is 0 Å². The molecular weight excluding hydrogens is 394 g/mol. The number of β-amino-alcohol motifs (C(OH)–C–C–N with tert-alkyl or cyclic N) is 1. The fraction of sp³-hybridized carbons (Fsp3) is 0.417. The second-order valence-electron chi connectivity index (χ2n) is 8.02. The number of likely N-dealkylation sites (tertiary alicyclic amines) is 1. The summed E-state index contributed by atoms with van der Waals surface area (Å²) >= 11 is 0. The predicted octanol–water partition coefficient (Wildman–Crippen LogP) is 2.73. The van der Waals surface area contributed by atoms with Crippen LogP contribution in [-0.4, -0.2) is 54.4 Å². The molecule has 2 atom stereocenters. The molecule has 162 valence electrons. The number of carbonyl (C=O) groups excluding carboxylic acids is 1. The molecule has 1 fully saturated rings.